The van der Waals surface area contributed by atoms with Crippen LogP contribution in [0.4, 0.5) is 9.52 Å². The molecule has 1 saturated heterocycles. The van der Waals surface area contributed by atoms with Crippen molar-refractivity contribution in [2.24, 2.45) is 5.92 Å². The summed E-state index contributed by atoms with van der Waals surface area (Å²) < 4.78 is 48.0. The Bertz CT molecular complexity index is 1540. The molecule has 0 N–H and O–H groups in total. The van der Waals surface area contributed by atoms with Gasteiger partial charge in [-0.25, -0.2) is 17.8 Å². The van der Waals surface area contributed by atoms with Crippen molar-refractivity contribution in [1.29, 1.82) is 0 Å². The van der Waals surface area contributed by atoms with Crippen LogP contribution in [0.1, 0.15) is 25.3 Å². The molecule has 1 aliphatic rings. The van der Waals surface area contributed by atoms with Crippen LogP contribution < -0.4 is 9.64 Å². The smallest absolute Gasteiger partial charge is 0.245 e. The lowest BCUT2D eigenvalue weighted by molar-refractivity contribution is -0.123. The molecule has 0 radical (unpaired) electrons. The molecular formula is C27H27FN4O4S2. The molecule has 1 amide bonds. The first kappa shape index (κ1) is 26.2. The first-order valence-electron chi connectivity index (χ1n) is 12.3. The van der Waals surface area contributed by atoms with E-state index in [2.05, 4.69) is 4.98 Å². The molecule has 0 bridgehead atoms. The van der Waals surface area contributed by atoms with Gasteiger partial charge in [0.05, 0.1) is 23.4 Å². The van der Waals surface area contributed by atoms with Gasteiger partial charge in [0.15, 0.2) is 5.13 Å². The van der Waals surface area contributed by atoms with Gasteiger partial charge < -0.3 is 4.74 Å². The summed E-state index contributed by atoms with van der Waals surface area (Å²) in [7, 11) is -3.99. The summed E-state index contributed by atoms with van der Waals surface area (Å²) >= 11 is 1.41. The number of halogens is 1. The molecule has 0 unspecified atom stereocenters. The van der Waals surface area contributed by atoms with Gasteiger partial charge in [0, 0.05) is 31.4 Å². The molecule has 8 nitrogen and oxygen atoms in total. The average molecular weight is 555 g/mol. The first-order chi connectivity index (χ1) is 18.4. The quantitative estimate of drug-likeness (QED) is 0.309. The van der Waals surface area contributed by atoms with Crippen LogP contribution in [-0.4, -0.2) is 48.3 Å². The van der Waals surface area contributed by atoms with Crippen molar-refractivity contribution in [2.45, 2.75) is 31.2 Å². The highest BCUT2D eigenvalue weighted by Gasteiger charge is 2.36. The van der Waals surface area contributed by atoms with E-state index in [0.29, 0.717) is 31.1 Å². The third kappa shape index (κ3) is 5.40. The molecular weight excluding hydrogens is 527 g/mol. The number of aromatic nitrogens is 2. The number of pyridine rings is 1. The summed E-state index contributed by atoms with van der Waals surface area (Å²) in [5.74, 6) is -0.564. The van der Waals surface area contributed by atoms with Gasteiger partial charge in [0.1, 0.15) is 16.5 Å². The van der Waals surface area contributed by atoms with Crippen LogP contribution in [0.5, 0.6) is 5.75 Å². The number of amides is 1. The van der Waals surface area contributed by atoms with E-state index in [9.17, 15) is 17.6 Å². The summed E-state index contributed by atoms with van der Waals surface area (Å²) in [5.41, 5.74) is 1.62. The summed E-state index contributed by atoms with van der Waals surface area (Å²) in [4.78, 5) is 24.1. The molecule has 1 aliphatic heterocycles. The minimum Gasteiger partial charge on any atom is -0.494 e. The molecule has 11 heteroatoms. The third-order valence-corrected chi connectivity index (χ3v) is 9.45. The number of piperidine rings is 1. The van der Waals surface area contributed by atoms with Crippen molar-refractivity contribution >= 4 is 42.6 Å². The van der Waals surface area contributed by atoms with Crippen molar-refractivity contribution < 1.29 is 22.3 Å². The normalized spacial score (nSPS) is 15.0. The summed E-state index contributed by atoms with van der Waals surface area (Å²) in [6, 6.07) is 14.7. The Kier molecular flexibility index (Phi) is 7.68. The fourth-order valence-electron chi connectivity index (χ4n) is 4.54. The summed E-state index contributed by atoms with van der Waals surface area (Å²) in [5, 5.41) is 0.559. The Labute approximate surface area is 224 Å². The molecule has 2 aromatic carbocycles. The molecule has 4 aromatic rings. The number of thiazole rings is 1. The van der Waals surface area contributed by atoms with Crippen LogP contribution in [-0.2, 0) is 21.4 Å². The van der Waals surface area contributed by atoms with Gasteiger partial charge >= 0.3 is 0 Å². The van der Waals surface area contributed by atoms with E-state index in [-0.39, 0.29) is 23.9 Å². The lowest BCUT2D eigenvalue weighted by atomic mass is 9.96. The molecule has 198 valence electrons. The highest BCUT2D eigenvalue weighted by molar-refractivity contribution is 7.89. The zero-order valence-electron chi connectivity index (χ0n) is 20.8. The van der Waals surface area contributed by atoms with Gasteiger partial charge in [-0.1, -0.05) is 29.5 Å². The number of nitrogens with zero attached hydrogens (tertiary/aromatic N) is 4. The molecule has 0 aliphatic carbocycles. The van der Waals surface area contributed by atoms with Gasteiger partial charge in [-0.05, 0) is 61.7 Å². The van der Waals surface area contributed by atoms with Crippen molar-refractivity contribution in [2.75, 3.05) is 24.6 Å². The van der Waals surface area contributed by atoms with E-state index in [0.717, 1.165) is 27.6 Å². The fourth-order valence-corrected chi connectivity index (χ4v) is 7.07. The van der Waals surface area contributed by atoms with Crippen LogP contribution in [0.3, 0.4) is 0 Å². The number of hydrogen-bond acceptors (Lipinski definition) is 7. The Hall–Kier alpha value is -3.41. The standard InChI is InChI=1S/C27H27FN4O4S2/c1-2-36-21-9-10-23-24(16-21)37-27(30-23)32(18-19-6-5-13-29-17-19)26(33)20-11-14-31(15-12-20)38(34,35)25-8-4-3-7-22(25)28/h3-10,13,16-17,20H,2,11-12,14-15,18H2,1H3. The van der Waals surface area contributed by atoms with E-state index in [1.807, 2.05) is 37.3 Å². The Balaban J connectivity index is 1.38. The second kappa shape index (κ2) is 11.1. The topological polar surface area (TPSA) is 92.7 Å². The van der Waals surface area contributed by atoms with Crippen LogP contribution >= 0.6 is 11.3 Å². The van der Waals surface area contributed by atoms with E-state index < -0.39 is 21.8 Å². The monoisotopic (exact) mass is 554 g/mol. The maximum atomic E-state index is 14.2. The van der Waals surface area contributed by atoms with Gasteiger partial charge in [0.2, 0.25) is 15.9 Å². The predicted octanol–water partition coefficient (Wildman–Crippen LogP) is 4.86. The molecule has 0 saturated carbocycles. The van der Waals surface area contributed by atoms with Crippen molar-refractivity contribution in [1.82, 2.24) is 14.3 Å². The van der Waals surface area contributed by atoms with Gasteiger partial charge in [-0.15, -0.1) is 0 Å². The van der Waals surface area contributed by atoms with E-state index >= 15 is 0 Å². The number of ether oxygens (including phenoxy) is 1. The zero-order valence-corrected chi connectivity index (χ0v) is 22.4. The van der Waals surface area contributed by atoms with Gasteiger partial charge in [-0.3, -0.25) is 14.7 Å². The third-order valence-electron chi connectivity index (χ3n) is 6.48. The number of fused-ring (bicyclic) bond motifs is 1. The first-order valence-corrected chi connectivity index (χ1v) is 14.6. The highest BCUT2D eigenvalue weighted by Crippen LogP contribution is 2.34. The highest BCUT2D eigenvalue weighted by atomic mass is 32.2. The fraction of sp³-hybridized carbons (Fsp3) is 0.296. The minimum absolute atomic E-state index is 0.124. The molecule has 0 atom stereocenters. The van der Waals surface area contributed by atoms with Crippen LogP contribution in [0.25, 0.3) is 10.2 Å². The molecule has 1 fully saturated rings. The van der Waals surface area contributed by atoms with Crippen LogP contribution in [0, 0.1) is 11.7 Å². The van der Waals surface area contributed by atoms with Crippen LogP contribution in [0.2, 0.25) is 0 Å². The average Bonchev–Trinajstić information content (AvgIpc) is 3.35. The number of sulfonamides is 1. The predicted molar refractivity (Wildman–Crippen MR) is 144 cm³/mol. The molecule has 3 heterocycles. The van der Waals surface area contributed by atoms with Crippen molar-refractivity contribution in [3.8, 4) is 5.75 Å². The van der Waals surface area contributed by atoms with Gasteiger partial charge in [-0.2, -0.15) is 4.31 Å². The molecule has 2 aromatic heterocycles. The zero-order chi connectivity index (χ0) is 26.7. The lowest BCUT2D eigenvalue weighted by Gasteiger charge is -2.33. The van der Waals surface area contributed by atoms with E-state index in [1.165, 1.54) is 33.8 Å². The largest absolute Gasteiger partial charge is 0.494 e. The Morgan fingerprint density at radius 1 is 1.16 bits per heavy atom. The molecule has 0 spiro atoms. The number of hydrogen-bond donors (Lipinski definition) is 0. The number of rotatable bonds is 8. The Morgan fingerprint density at radius 3 is 2.66 bits per heavy atom. The van der Waals surface area contributed by atoms with E-state index in [1.54, 1.807) is 17.3 Å². The van der Waals surface area contributed by atoms with Crippen molar-refractivity contribution in [3.05, 3.63) is 78.4 Å². The lowest BCUT2D eigenvalue weighted by Crippen LogP contribution is -2.44. The second-order valence-electron chi connectivity index (χ2n) is 8.95. The maximum Gasteiger partial charge on any atom is 0.245 e. The maximum absolute atomic E-state index is 14.2. The molecule has 38 heavy (non-hydrogen) atoms. The summed E-state index contributed by atoms with van der Waals surface area (Å²) in [6.45, 7) is 3.02. The number of carbonyl (C=O) groups is 1. The number of carbonyl (C=O) groups excluding carboxylic acids is 1. The number of benzene rings is 2. The van der Waals surface area contributed by atoms with E-state index in [4.69, 9.17) is 9.72 Å². The number of anilines is 1. The summed E-state index contributed by atoms with van der Waals surface area (Å²) in [6.07, 6.45) is 4.05. The SMILES string of the molecule is CCOc1ccc2nc(N(Cc3cccnc3)C(=O)C3CCN(S(=O)(=O)c4ccccc4F)CC3)sc2c1. The second-order valence-corrected chi connectivity index (χ2v) is 11.9. The van der Waals surface area contributed by atoms with Crippen LogP contribution in [0.15, 0.2) is 71.9 Å². The van der Waals surface area contributed by atoms with Crippen molar-refractivity contribution in [3.63, 3.8) is 0 Å². The molecule has 5 rings (SSSR count). The Morgan fingerprint density at radius 2 is 1.95 bits per heavy atom. The minimum atomic E-state index is -3.99. The van der Waals surface area contributed by atoms with Gasteiger partial charge in [0.25, 0.3) is 0 Å².